The van der Waals surface area contributed by atoms with Gasteiger partial charge in [-0.1, -0.05) is 24.3 Å². The molecule has 2 N–H and O–H groups in total. The molecule has 31 heavy (non-hydrogen) atoms. The van der Waals surface area contributed by atoms with E-state index in [-0.39, 0.29) is 24.0 Å². The van der Waals surface area contributed by atoms with Crippen molar-refractivity contribution in [1.82, 2.24) is 15.5 Å². The molecule has 0 radical (unpaired) electrons. The van der Waals surface area contributed by atoms with E-state index >= 15 is 0 Å². The highest BCUT2D eigenvalue weighted by Gasteiger charge is 2.15. The van der Waals surface area contributed by atoms with Gasteiger partial charge in [-0.2, -0.15) is 0 Å². The minimum Gasteiger partial charge on any atom is -0.381 e. The Balaban J connectivity index is 0.00000341. The Morgan fingerprint density at radius 3 is 2.77 bits per heavy atom. The normalized spacial score (nSPS) is 19.8. The van der Waals surface area contributed by atoms with Crippen molar-refractivity contribution in [2.45, 2.75) is 32.9 Å². The zero-order valence-corrected chi connectivity index (χ0v) is 21.1. The van der Waals surface area contributed by atoms with Crippen molar-refractivity contribution in [2.75, 3.05) is 65.8 Å². The Hall–Kier alpha value is -0.940. The highest BCUT2D eigenvalue weighted by Crippen LogP contribution is 2.12. The zero-order chi connectivity index (χ0) is 20.9. The van der Waals surface area contributed by atoms with Crippen LogP contribution in [0.4, 0.5) is 0 Å². The van der Waals surface area contributed by atoms with Crippen LogP contribution >= 0.6 is 24.0 Å². The van der Waals surface area contributed by atoms with Crippen molar-refractivity contribution >= 4 is 29.9 Å². The Morgan fingerprint density at radius 1 is 1.16 bits per heavy atom. The molecule has 2 heterocycles. The van der Waals surface area contributed by atoms with Gasteiger partial charge in [-0.05, 0) is 30.9 Å². The first-order valence-electron chi connectivity index (χ1n) is 11.4. The van der Waals surface area contributed by atoms with E-state index in [1.807, 2.05) is 0 Å². The van der Waals surface area contributed by atoms with Gasteiger partial charge >= 0.3 is 0 Å². The average Bonchev–Trinajstić information content (AvgIpc) is 3.29. The fourth-order valence-electron chi connectivity index (χ4n) is 3.70. The zero-order valence-electron chi connectivity index (χ0n) is 18.8. The van der Waals surface area contributed by atoms with Crippen LogP contribution < -0.4 is 10.6 Å². The van der Waals surface area contributed by atoms with Crippen molar-refractivity contribution in [3.8, 4) is 0 Å². The van der Waals surface area contributed by atoms with Crippen LogP contribution in [0.3, 0.4) is 0 Å². The van der Waals surface area contributed by atoms with Gasteiger partial charge in [0.05, 0.1) is 33.0 Å². The molecule has 0 aromatic heterocycles. The summed E-state index contributed by atoms with van der Waals surface area (Å²) in [4.78, 5) is 7.20. The van der Waals surface area contributed by atoms with E-state index in [1.165, 1.54) is 11.1 Å². The van der Waals surface area contributed by atoms with Crippen LogP contribution in [-0.4, -0.2) is 76.7 Å². The van der Waals surface area contributed by atoms with E-state index in [4.69, 9.17) is 19.2 Å². The second-order valence-electron chi connectivity index (χ2n) is 7.99. The molecule has 2 aliphatic rings. The standard InChI is InChI=1S/C23H38N4O3.HI/c1-2-24-23(25-8-4-11-29-18-22-7-12-30-19-22)26-16-20-5-3-6-21(15-20)17-27-9-13-28-14-10-27;/h3,5-6,15,22H,2,4,7-14,16-19H2,1H3,(H2,24,25,26);1H. The molecule has 0 spiro atoms. The number of hydrogen-bond acceptors (Lipinski definition) is 5. The summed E-state index contributed by atoms with van der Waals surface area (Å²) in [5, 5.41) is 6.74. The summed E-state index contributed by atoms with van der Waals surface area (Å²) in [7, 11) is 0. The number of benzene rings is 1. The first kappa shape index (κ1) is 26.3. The number of hydrogen-bond donors (Lipinski definition) is 2. The molecular formula is C23H39IN4O3. The summed E-state index contributed by atoms with van der Waals surface area (Å²) in [5.41, 5.74) is 2.58. The largest absolute Gasteiger partial charge is 0.381 e. The molecule has 176 valence electrons. The van der Waals surface area contributed by atoms with Crippen LogP contribution in [0.1, 0.15) is 30.9 Å². The van der Waals surface area contributed by atoms with Crippen LogP contribution in [-0.2, 0) is 27.3 Å². The fourth-order valence-corrected chi connectivity index (χ4v) is 3.70. The third-order valence-electron chi connectivity index (χ3n) is 5.40. The van der Waals surface area contributed by atoms with Gasteiger partial charge in [-0.25, -0.2) is 4.99 Å². The third-order valence-corrected chi connectivity index (χ3v) is 5.40. The van der Waals surface area contributed by atoms with Gasteiger partial charge < -0.3 is 24.8 Å². The summed E-state index contributed by atoms with van der Waals surface area (Å²) in [6.07, 6.45) is 2.09. The van der Waals surface area contributed by atoms with Crippen LogP contribution in [0.15, 0.2) is 29.3 Å². The van der Waals surface area contributed by atoms with E-state index < -0.39 is 0 Å². The van der Waals surface area contributed by atoms with E-state index in [2.05, 4.69) is 46.7 Å². The Bertz CT molecular complexity index is 635. The number of morpholine rings is 1. The van der Waals surface area contributed by atoms with Gasteiger partial charge in [0.2, 0.25) is 0 Å². The first-order valence-corrected chi connectivity index (χ1v) is 11.4. The molecule has 0 bridgehead atoms. The van der Waals surface area contributed by atoms with Crippen LogP contribution in [0.2, 0.25) is 0 Å². The summed E-state index contributed by atoms with van der Waals surface area (Å²) in [5.74, 6) is 1.44. The number of rotatable bonds is 11. The maximum absolute atomic E-state index is 5.77. The van der Waals surface area contributed by atoms with Crippen LogP contribution in [0.5, 0.6) is 0 Å². The molecule has 1 unspecified atom stereocenters. The van der Waals surface area contributed by atoms with Gasteiger partial charge in [-0.15, -0.1) is 24.0 Å². The molecule has 0 saturated carbocycles. The van der Waals surface area contributed by atoms with Gasteiger partial charge in [0, 0.05) is 51.9 Å². The van der Waals surface area contributed by atoms with Gasteiger partial charge in [0.1, 0.15) is 0 Å². The smallest absolute Gasteiger partial charge is 0.191 e. The van der Waals surface area contributed by atoms with Gasteiger partial charge in [-0.3, -0.25) is 4.90 Å². The molecule has 1 aromatic rings. The van der Waals surface area contributed by atoms with E-state index in [1.54, 1.807) is 0 Å². The second kappa shape index (κ2) is 15.8. The lowest BCUT2D eigenvalue weighted by molar-refractivity contribution is 0.0342. The molecule has 8 heteroatoms. The van der Waals surface area contributed by atoms with Crippen molar-refractivity contribution in [1.29, 1.82) is 0 Å². The van der Waals surface area contributed by atoms with Gasteiger partial charge in [0.25, 0.3) is 0 Å². The third kappa shape index (κ3) is 10.5. The number of halogens is 1. The predicted octanol–water partition coefficient (Wildman–Crippen LogP) is 2.64. The van der Waals surface area contributed by atoms with Gasteiger partial charge in [0.15, 0.2) is 5.96 Å². The number of guanidine groups is 1. The Kier molecular flexibility index (Phi) is 13.4. The molecule has 7 nitrogen and oxygen atoms in total. The first-order chi connectivity index (χ1) is 14.8. The van der Waals surface area contributed by atoms with Crippen molar-refractivity contribution in [3.05, 3.63) is 35.4 Å². The predicted molar refractivity (Wildman–Crippen MR) is 135 cm³/mol. The van der Waals surface area contributed by atoms with Crippen LogP contribution in [0.25, 0.3) is 0 Å². The molecule has 0 aliphatic carbocycles. The summed E-state index contributed by atoms with van der Waals surface area (Å²) in [6.45, 7) is 12.4. The highest BCUT2D eigenvalue weighted by molar-refractivity contribution is 14.0. The van der Waals surface area contributed by atoms with Crippen molar-refractivity contribution in [3.63, 3.8) is 0 Å². The lowest BCUT2D eigenvalue weighted by Crippen LogP contribution is -2.38. The van der Waals surface area contributed by atoms with E-state index in [0.717, 1.165) is 91.2 Å². The van der Waals surface area contributed by atoms with Crippen molar-refractivity contribution < 1.29 is 14.2 Å². The fraction of sp³-hybridized carbons (Fsp3) is 0.696. The maximum atomic E-state index is 5.77. The molecule has 1 aromatic carbocycles. The SMILES string of the molecule is CCNC(=NCc1cccc(CN2CCOCC2)c1)NCCCOCC1CCOC1.I. The summed E-state index contributed by atoms with van der Waals surface area (Å²) < 4.78 is 16.6. The lowest BCUT2D eigenvalue weighted by Gasteiger charge is -2.26. The quantitative estimate of drug-likeness (QED) is 0.193. The van der Waals surface area contributed by atoms with Crippen LogP contribution in [0, 0.1) is 5.92 Å². The maximum Gasteiger partial charge on any atom is 0.191 e. The van der Waals surface area contributed by atoms with E-state index in [9.17, 15) is 0 Å². The number of nitrogens with zero attached hydrogens (tertiary/aromatic N) is 2. The highest BCUT2D eigenvalue weighted by atomic mass is 127. The monoisotopic (exact) mass is 546 g/mol. The summed E-state index contributed by atoms with van der Waals surface area (Å²) in [6, 6.07) is 8.75. The molecular weight excluding hydrogens is 507 g/mol. The lowest BCUT2D eigenvalue weighted by atomic mass is 10.1. The van der Waals surface area contributed by atoms with E-state index in [0.29, 0.717) is 12.5 Å². The molecule has 2 saturated heterocycles. The topological polar surface area (TPSA) is 67.4 Å². The number of ether oxygens (including phenoxy) is 3. The molecule has 2 fully saturated rings. The minimum atomic E-state index is 0. The molecule has 1 atom stereocenters. The minimum absolute atomic E-state index is 0. The van der Waals surface area contributed by atoms with Crippen molar-refractivity contribution in [2.24, 2.45) is 10.9 Å². The Morgan fingerprint density at radius 2 is 2.00 bits per heavy atom. The number of nitrogens with one attached hydrogen (secondary N) is 2. The average molecular weight is 546 g/mol. The Labute approximate surface area is 204 Å². The molecule has 2 aliphatic heterocycles. The summed E-state index contributed by atoms with van der Waals surface area (Å²) >= 11 is 0. The molecule has 3 rings (SSSR count). The second-order valence-corrected chi connectivity index (χ2v) is 7.99. The number of aliphatic imine (C=N–C) groups is 1. The molecule has 0 amide bonds.